The molecule has 2 aliphatic heterocycles. The Morgan fingerprint density at radius 3 is 1.53 bits per heavy atom. The normalized spacial score (nSPS) is 27.4. The Balaban J connectivity index is 2.07. The van der Waals surface area contributed by atoms with Gasteiger partial charge in [0, 0.05) is 62.3 Å². The van der Waals surface area contributed by atoms with Crippen LogP contribution in [0.25, 0.3) is 0 Å². The van der Waals surface area contributed by atoms with Gasteiger partial charge in [-0.1, -0.05) is 69.2 Å². The van der Waals surface area contributed by atoms with E-state index in [9.17, 15) is 78.9 Å². The molecule has 25 heteroatoms. The monoisotopic (exact) mass is 1130 g/mol. The third-order valence-electron chi connectivity index (χ3n) is 15.5. The van der Waals surface area contributed by atoms with Gasteiger partial charge in [0.05, 0.1) is 49.5 Å². The average molecular weight is 1130 g/mol. The van der Waals surface area contributed by atoms with Crippen LogP contribution in [0.5, 0.6) is 0 Å². The Labute approximate surface area is 463 Å². The van der Waals surface area contributed by atoms with Gasteiger partial charge in [-0.15, -0.1) is 0 Å². The van der Waals surface area contributed by atoms with Crippen LogP contribution in [0, 0.1) is 53.3 Å². The molecule has 20 atom stereocenters. The average Bonchev–Trinajstić information content (AvgIpc) is 3.38. The van der Waals surface area contributed by atoms with Crippen LogP contribution in [0.4, 0.5) is 0 Å². The largest absolute Gasteiger partial charge is 0.548 e. The molecule has 2 fully saturated rings. The van der Waals surface area contributed by atoms with Crippen molar-refractivity contribution < 1.29 is 104 Å². The van der Waals surface area contributed by atoms with E-state index in [0.29, 0.717) is 0 Å². The van der Waals surface area contributed by atoms with Crippen LogP contribution in [-0.2, 0) is 62.1 Å². The van der Waals surface area contributed by atoms with Crippen molar-refractivity contribution in [2.75, 3.05) is 20.3 Å². The topological polar surface area (TPSA) is 402 Å². The fraction of sp³-hybridized carbons (Fsp3) is 0.833. The number of amides is 4. The second-order valence-electron chi connectivity index (χ2n) is 23.1. The second kappa shape index (κ2) is 31.7. The summed E-state index contributed by atoms with van der Waals surface area (Å²) in [6, 6.07) is -5.56. The van der Waals surface area contributed by atoms with Crippen molar-refractivity contribution in [3.8, 4) is 0 Å². The molecule has 2 rings (SSSR count). The van der Waals surface area contributed by atoms with E-state index in [-0.39, 0.29) is 31.6 Å². The number of aliphatic hydroxyl groups is 6. The summed E-state index contributed by atoms with van der Waals surface area (Å²) in [5.41, 5.74) is 4.00. The first kappa shape index (κ1) is 70.7. The zero-order valence-corrected chi connectivity index (χ0v) is 48.7. The van der Waals surface area contributed by atoms with Gasteiger partial charge in [0.1, 0.15) is 42.7 Å². The van der Waals surface area contributed by atoms with Crippen molar-refractivity contribution in [3.63, 3.8) is 0 Å². The molecule has 25 nitrogen and oxygen atoms in total. The van der Waals surface area contributed by atoms with Gasteiger partial charge in [0.15, 0.2) is 41.8 Å². The fourth-order valence-electron chi connectivity index (χ4n) is 9.37. The standard InChI is InChI=1S/C54H93N5O20/c1-22(2)32(50(72)58-42(25(7)8)38(65)18-33(23(3)4)49(71)57-29(12)52(74)75)17-35(62)28(11)56-48(70)26(9)16-36(63)30(13)59(15)51(73)34(24(5)6)19-37(64)41(55)31(14)76-53-27(10)47(44(67)40(21-61)77-53)79-54-46(69)45(68)43(66)39(20-60)78-54/h22-34,39-47,53-54,60-61,66-69H,16-21,55H2,1-15H3,(H,56,70)(H,57,71)(H,58,72)(H,74,75)/t26?,27?,28-,29-,30-,31?,32?,33?,34?,39?,40?,41-,42-,43-,44-,45-,46?,47+,53-,54-/m0/s1. The quantitative estimate of drug-likeness (QED) is 0.0320. The lowest BCUT2D eigenvalue weighted by Crippen LogP contribution is -2.71. The third-order valence-corrected chi connectivity index (χ3v) is 15.5. The molecule has 0 bridgehead atoms. The Kier molecular flexibility index (Phi) is 28.4. The summed E-state index contributed by atoms with van der Waals surface area (Å²) < 4.78 is 23.3. The zero-order valence-electron chi connectivity index (χ0n) is 48.7. The van der Waals surface area contributed by atoms with Crippen LogP contribution in [0.2, 0.25) is 0 Å². The maximum atomic E-state index is 14.0. The number of carbonyl (C=O) groups excluding carboxylic acids is 9. The van der Waals surface area contributed by atoms with Crippen LogP contribution in [0.15, 0.2) is 0 Å². The van der Waals surface area contributed by atoms with Crippen molar-refractivity contribution in [2.45, 2.75) is 214 Å². The number of likely N-dealkylation sites (N-methyl/N-ethyl adjacent to an activating group) is 1. The van der Waals surface area contributed by atoms with Gasteiger partial charge in [0.2, 0.25) is 23.6 Å². The summed E-state index contributed by atoms with van der Waals surface area (Å²) >= 11 is 0. The lowest BCUT2D eigenvalue weighted by Gasteiger charge is -2.47. The number of hydrogen-bond acceptors (Lipinski definition) is 20. The number of nitrogens with one attached hydrogen (secondary N) is 3. The molecular formula is C54H93N5O20. The Bertz CT molecular complexity index is 2070. The molecule has 0 spiro atoms. The molecule has 0 radical (unpaired) electrons. The minimum Gasteiger partial charge on any atom is -0.548 e. The number of Topliss-reactive ketones (excluding diaryl/α,β-unsaturated/α-hetero) is 4. The molecule has 0 aromatic heterocycles. The number of aliphatic hydroxyl groups excluding tert-OH is 6. The van der Waals surface area contributed by atoms with E-state index < -0.39 is 205 Å². The molecule has 9 unspecified atom stereocenters. The summed E-state index contributed by atoms with van der Waals surface area (Å²) in [5.74, 6) is -12.0. The molecule has 12 N–H and O–H groups in total. The molecule has 2 saturated heterocycles. The highest BCUT2D eigenvalue weighted by atomic mass is 16.7. The number of carboxylic acid groups (broad SMARTS) is 1. The number of carbonyl (C=O) groups is 9. The molecule has 0 aromatic rings. The van der Waals surface area contributed by atoms with E-state index in [2.05, 4.69) is 21.7 Å². The highest BCUT2D eigenvalue weighted by Gasteiger charge is 2.51. The number of nitrogens with zero attached hydrogens (tertiary/aromatic N) is 1. The highest BCUT2D eigenvalue weighted by Crippen LogP contribution is 2.34. The van der Waals surface area contributed by atoms with Gasteiger partial charge >= 0.3 is 0 Å². The van der Waals surface area contributed by atoms with Gasteiger partial charge in [-0.05, 0) is 51.4 Å². The first-order chi connectivity index (χ1) is 36.5. The number of ether oxygens (including phenoxy) is 4. The Morgan fingerprint density at radius 1 is 0.570 bits per heavy atom. The zero-order chi connectivity index (χ0) is 60.8. The maximum Gasteiger partial charge on any atom is 0.226 e. The molecule has 2 aliphatic rings. The number of aliphatic carboxylic acids is 1. The summed E-state index contributed by atoms with van der Waals surface area (Å²) in [7, 11) is 1.41. The SMILES string of the molecule is CC(CC(=O)[C@H](C)N(C)C(=O)C(CC(=O)[C@@H]([NH3+])C(C)O[C@H]1OC(CO)[C@H](O)[C@H](O[C@@H]2OC(CO)[C@H](O)[C@H](O)C2O)C1C)C(C)C)C(=O)N[C@@H](C)C(=O)CC(C(=O)N[C@H](C(=O)CC(C(=O)N[C@@H](C)C(=O)[O-])C(C)C)C(C)C)C(C)C. The van der Waals surface area contributed by atoms with E-state index in [1.807, 2.05) is 0 Å². The molecular weight excluding hydrogens is 1040 g/mol. The van der Waals surface area contributed by atoms with E-state index >= 15 is 0 Å². The van der Waals surface area contributed by atoms with E-state index in [1.54, 1.807) is 62.3 Å². The smallest absolute Gasteiger partial charge is 0.226 e. The lowest BCUT2D eigenvalue weighted by molar-refractivity contribution is -0.432. The van der Waals surface area contributed by atoms with Crippen molar-refractivity contribution in [1.29, 1.82) is 0 Å². The van der Waals surface area contributed by atoms with Crippen LogP contribution in [0.3, 0.4) is 0 Å². The van der Waals surface area contributed by atoms with Crippen LogP contribution in [0.1, 0.15) is 123 Å². The number of ketones is 4. The summed E-state index contributed by atoms with van der Waals surface area (Å²) in [6.07, 6.45) is -15.7. The van der Waals surface area contributed by atoms with E-state index in [4.69, 9.17) is 18.9 Å². The minimum atomic E-state index is -1.79. The highest BCUT2D eigenvalue weighted by molar-refractivity contribution is 5.97. The third kappa shape index (κ3) is 19.4. The fourth-order valence-corrected chi connectivity index (χ4v) is 9.37. The summed E-state index contributed by atoms with van der Waals surface area (Å²) in [5, 5.41) is 80.7. The summed E-state index contributed by atoms with van der Waals surface area (Å²) in [6.45, 7) is 21.1. The summed E-state index contributed by atoms with van der Waals surface area (Å²) in [4.78, 5) is 121. The van der Waals surface area contributed by atoms with Crippen LogP contribution in [-0.4, -0.2) is 200 Å². The van der Waals surface area contributed by atoms with Gasteiger partial charge in [-0.25, -0.2) is 0 Å². The lowest BCUT2D eigenvalue weighted by atomic mass is 9.84. The van der Waals surface area contributed by atoms with Crippen molar-refractivity contribution in [3.05, 3.63) is 0 Å². The number of rotatable bonds is 32. The predicted molar refractivity (Wildman–Crippen MR) is 279 cm³/mol. The molecule has 454 valence electrons. The molecule has 0 aromatic carbocycles. The molecule has 0 aliphatic carbocycles. The van der Waals surface area contributed by atoms with Crippen molar-refractivity contribution in [2.24, 2.45) is 53.3 Å². The molecule has 2 heterocycles. The Hall–Kier alpha value is -4.41. The number of hydrogen-bond donors (Lipinski definition) is 10. The van der Waals surface area contributed by atoms with E-state index in [1.165, 1.54) is 46.6 Å². The van der Waals surface area contributed by atoms with Crippen LogP contribution < -0.4 is 26.8 Å². The maximum absolute atomic E-state index is 14.0. The number of carboxylic acids is 1. The minimum absolute atomic E-state index is 0.288. The second-order valence-corrected chi connectivity index (χ2v) is 23.1. The molecule has 0 saturated carbocycles. The van der Waals surface area contributed by atoms with Gasteiger partial charge in [0.25, 0.3) is 0 Å². The molecule has 79 heavy (non-hydrogen) atoms. The van der Waals surface area contributed by atoms with Gasteiger partial charge in [-0.2, -0.15) is 0 Å². The molecule has 4 amide bonds. The number of quaternary nitrogens is 1. The van der Waals surface area contributed by atoms with Gasteiger partial charge < -0.3 is 86.1 Å². The van der Waals surface area contributed by atoms with Gasteiger partial charge in [-0.3, -0.25) is 38.4 Å². The van der Waals surface area contributed by atoms with Crippen LogP contribution >= 0.6 is 0 Å². The predicted octanol–water partition coefficient (Wildman–Crippen LogP) is -3.06. The van der Waals surface area contributed by atoms with E-state index in [0.717, 1.165) is 0 Å². The first-order valence-corrected chi connectivity index (χ1v) is 27.4. The Morgan fingerprint density at radius 2 is 1.04 bits per heavy atom. The first-order valence-electron chi connectivity index (χ1n) is 27.4. The van der Waals surface area contributed by atoms with Crippen molar-refractivity contribution >= 4 is 52.7 Å². The van der Waals surface area contributed by atoms with Crippen molar-refractivity contribution in [1.82, 2.24) is 20.9 Å².